The number of carbonyl (C=O) groups is 1. The van der Waals surface area contributed by atoms with Gasteiger partial charge in [0.1, 0.15) is 12.4 Å². The van der Waals surface area contributed by atoms with Gasteiger partial charge in [0.25, 0.3) is 0 Å². The number of aryl methyl sites for hydroxylation is 3. The molecular formula is C19H24N2O2. The largest absolute Gasteiger partial charge is 0.492 e. The molecule has 4 heteroatoms. The Kier molecular flexibility index (Phi) is 6.03. The molecule has 0 aliphatic carbocycles. The molecule has 0 fully saturated rings. The van der Waals surface area contributed by atoms with E-state index in [4.69, 9.17) is 4.74 Å². The lowest BCUT2D eigenvalue weighted by molar-refractivity contribution is 0.247. The van der Waals surface area contributed by atoms with Crippen LogP contribution in [0.1, 0.15) is 23.6 Å². The standard InChI is InChI=1S/C19H24N2O2/c1-4-16-9-6-10-17(13-16)23-12-11-20-19(22)21-18-14(2)7-5-8-15(18)3/h5-10,13H,4,11-12H2,1-3H3,(H2,20,21,22). The fourth-order valence-electron chi connectivity index (χ4n) is 2.36. The van der Waals surface area contributed by atoms with Crippen LogP contribution in [0.2, 0.25) is 0 Å². The summed E-state index contributed by atoms with van der Waals surface area (Å²) in [5.41, 5.74) is 4.20. The van der Waals surface area contributed by atoms with E-state index in [1.54, 1.807) is 0 Å². The average Bonchev–Trinajstić information content (AvgIpc) is 2.55. The maximum Gasteiger partial charge on any atom is 0.319 e. The van der Waals surface area contributed by atoms with Gasteiger partial charge >= 0.3 is 6.03 Å². The molecule has 0 atom stereocenters. The van der Waals surface area contributed by atoms with Crippen LogP contribution in [0.4, 0.5) is 10.5 Å². The predicted octanol–water partition coefficient (Wildman–Crippen LogP) is 4.07. The summed E-state index contributed by atoms with van der Waals surface area (Å²) in [6.45, 7) is 6.96. The number of anilines is 1. The number of para-hydroxylation sites is 1. The Balaban J connectivity index is 1.76. The SMILES string of the molecule is CCc1cccc(OCCNC(=O)Nc2c(C)cccc2C)c1. The van der Waals surface area contributed by atoms with Gasteiger partial charge in [-0.2, -0.15) is 0 Å². The van der Waals surface area contributed by atoms with E-state index in [1.807, 2.05) is 50.2 Å². The van der Waals surface area contributed by atoms with Gasteiger partial charge in [-0.25, -0.2) is 4.79 Å². The first-order valence-electron chi connectivity index (χ1n) is 7.93. The van der Waals surface area contributed by atoms with Crippen molar-refractivity contribution in [2.45, 2.75) is 27.2 Å². The molecule has 2 amide bonds. The molecule has 0 spiro atoms. The average molecular weight is 312 g/mol. The number of benzene rings is 2. The topological polar surface area (TPSA) is 50.4 Å². The van der Waals surface area contributed by atoms with Gasteiger partial charge in [0.05, 0.1) is 6.54 Å². The molecule has 0 saturated carbocycles. The third kappa shape index (κ3) is 5.02. The van der Waals surface area contributed by atoms with Gasteiger partial charge in [0.2, 0.25) is 0 Å². The Morgan fingerprint density at radius 3 is 2.48 bits per heavy atom. The summed E-state index contributed by atoms with van der Waals surface area (Å²) < 4.78 is 5.65. The van der Waals surface area contributed by atoms with Gasteiger partial charge in [-0.15, -0.1) is 0 Å². The highest BCUT2D eigenvalue weighted by atomic mass is 16.5. The Morgan fingerprint density at radius 2 is 1.78 bits per heavy atom. The second-order valence-electron chi connectivity index (χ2n) is 5.50. The van der Waals surface area contributed by atoms with Crippen molar-refractivity contribution >= 4 is 11.7 Å². The normalized spacial score (nSPS) is 10.2. The molecule has 2 aromatic rings. The fraction of sp³-hybridized carbons (Fsp3) is 0.316. The molecule has 23 heavy (non-hydrogen) atoms. The van der Waals surface area contributed by atoms with Crippen molar-refractivity contribution in [2.24, 2.45) is 0 Å². The minimum absolute atomic E-state index is 0.215. The second-order valence-corrected chi connectivity index (χ2v) is 5.50. The number of hydrogen-bond acceptors (Lipinski definition) is 2. The lowest BCUT2D eigenvalue weighted by Crippen LogP contribution is -2.32. The fourth-order valence-corrected chi connectivity index (χ4v) is 2.36. The quantitative estimate of drug-likeness (QED) is 0.790. The number of rotatable bonds is 6. The summed E-state index contributed by atoms with van der Waals surface area (Å²) in [6, 6.07) is 13.7. The van der Waals surface area contributed by atoms with E-state index in [0.29, 0.717) is 13.2 Å². The number of urea groups is 1. The molecule has 0 bridgehead atoms. The van der Waals surface area contributed by atoms with E-state index in [9.17, 15) is 4.79 Å². The molecule has 0 aromatic heterocycles. The van der Waals surface area contributed by atoms with Gasteiger partial charge < -0.3 is 15.4 Å². The van der Waals surface area contributed by atoms with Gasteiger partial charge in [-0.3, -0.25) is 0 Å². The number of amides is 2. The van der Waals surface area contributed by atoms with Gasteiger partial charge in [-0.1, -0.05) is 37.3 Å². The van der Waals surface area contributed by atoms with Crippen LogP contribution in [0.15, 0.2) is 42.5 Å². The maximum absolute atomic E-state index is 12.0. The van der Waals surface area contributed by atoms with Crippen molar-refractivity contribution in [1.82, 2.24) is 5.32 Å². The lowest BCUT2D eigenvalue weighted by Gasteiger charge is -2.13. The molecule has 0 aliphatic rings. The molecule has 2 N–H and O–H groups in total. The molecule has 0 aliphatic heterocycles. The third-order valence-electron chi connectivity index (χ3n) is 3.68. The molecule has 122 valence electrons. The first-order valence-corrected chi connectivity index (χ1v) is 7.93. The molecule has 4 nitrogen and oxygen atoms in total. The number of ether oxygens (including phenoxy) is 1. The minimum Gasteiger partial charge on any atom is -0.492 e. The van der Waals surface area contributed by atoms with E-state index in [2.05, 4.69) is 23.6 Å². The molecule has 2 rings (SSSR count). The maximum atomic E-state index is 12.0. The minimum atomic E-state index is -0.215. The van der Waals surface area contributed by atoms with Crippen molar-refractivity contribution in [3.05, 3.63) is 59.2 Å². The summed E-state index contributed by atoms with van der Waals surface area (Å²) >= 11 is 0. The van der Waals surface area contributed by atoms with E-state index in [-0.39, 0.29) is 6.03 Å². The Hall–Kier alpha value is -2.49. The van der Waals surface area contributed by atoms with E-state index in [0.717, 1.165) is 29.0 Å². The zero-order valence-electron chi connectivity index (χ0n) is 14.0. The number of hydrogen-bond donors (Lipinski definition) is 2. The van der Waals surface area contributed by atoms with Gasteiger partial charge in [-0.05, 0) is 49.1 Å². The van der Waals surface area contributed by atoms with Crippen LogP contribution >= 0.6 is 0 Å². The predicted molar refractivity (Wildman–Crippen MR) is 94.3 cm³/mol. The van der Waals surface area contributed by atoms with Crippen molar-refractivity contribution in [1.29, 1.82) is 0 Å². The number of nitrogens with one attached hydrogen (secondary N) is 2. The second kappa shape index (κ2) is 8.22. The summed E-state index contributed by atoms with van der Waals surface area (Å²) in [6.07, 6.45) is 0.980. The molecule has 2 aromatic carbocycles. The summed E-state index contributed by atoms with van der Waals surface area (Å²) in [5, 5.41) is 5.70. The summed E-state index contributed by atoms with van der Waals surface area (Å²) in [4.78, 5) is 12.0. The van der Waals surface area contributed by atoms with Crippen LogP contribution in [0, 0.1) is 13.8 Å². The first kappa shape index (κ1) is 16.9. The van der Waals surface area contributed by atoms with Crippen molar-refractivity contribution in [3.8, 4) is 5.75 Å². The Labute approximate surface area is 137 Å². The van der Waals surface area contributed by atoms with Gasteiger partial charge in [0, 0.05) is 5.69 Å². The molecule has 0 radical (unpaired) electrons. The van der Waals surface area contributed by atoms with Crippen LogP contribution < -0.4 is 15.4 Å². The molecule has 0 unspecified atom stereocenters. The zero-order valence-corrected chi connectivity index (χ0v) is 14.0. The van der Waals surface area contributed by atoms with Gasteiger partial charge in [0.15, 0.2) is 0 Å². The van der Waals surface area contributed by atoms with Crippen molar-refractivity contribution in [3.63, 3.8) is 0 Å². The lowest BCUT2D eigenvalue weighted by atomic mass is 10.1. The zero-order chi connectivity index (χ0) is 16.7. The highest BCUT2D eigenvalue weighted by Gasteiger charge is 2.06. The van der Waals surface area contributed by atoms with Crippen molar-refractivity contribution in [2.75, 3.05) is 18.5 Å². The van der Waals surface area contributed by atoms with Crippen LogP contribution in [0.5, 0.6) is 5.75 Å². The highest BCUT2D eigenvalue weighted by Crippen LogP contribution is 2.19. The first-order chi connectivity index (χ1) is 11.1. The third-order valence-corrected chi connectivity index (χ3v) is 3.68. The van der Waals surface area contributed by atoms with Crippen LogP contribution in [-0.2, 0) is 6.42 Å². The smallest absolute Gasteiger partial charge is 0.319 e. The van der Waals surface area contributed by atoms with Crippen molar-refractivity contribution < 1.29 is 9.53 Å². The highest BCUT2D eigenvalue weighted by molar-refractivity contribution is 5.90. The summed E-state index contributed by atoms with van der Waals surface area (Å²) in [7, 11) is 0. The number of carbonyl (C=O) groups excluding carboxylic acids is 1. The van der Waals surface area contributed by atoms with E-state index in [1.165, 1.54) is 5.56 Å². The molecule has 0 saturated heterocycles. The summed E-state index contributed by atoms with van der Waals surface area (Å²) in [5.74, 6) is 0.835. The van der Waals surface area contributed by atoms with E-state index < -0.39 is 0 Å². The van der Waals surface area contributed by atoms with Crippen LogP contribution in [0.25, 0.3) is 0 Å². The van der Waals surface area contributed by atoms with Crippen LogP contribution in [-0.4, -0.2) is 19.2 Å². The Morgan fingerprint density at radius 1 is 1.09 bits per heavy atom. The molecule has 0 heterocycles. The Bertz CT molecular complexity index is 648. The van der Waals surface area contributed by atoms with E-state index >= 15 is 0 Å². The monoisotopic (exact) mass is 312 g/mol. The van der Waals surface area contributed by atoms with Crippen LogP contribution in [0.3, 0.4) is 0 Å². The molecular weight excluding hydrogens is 288 g/mol.